The van der Waals surface area contributed by atoms with E-state index in [1.165, 1.54) is 22.5 Å². The summed E-state index contributed by atoms with van der Waals surface area (Å²) >= 11 is 5.85. The van der Waals surface area contributed by atoms with Gasteiger partial charge in [0.25, 0.3) is 0 Å². The van der Waals surface area contributed by atoms with Crippen molar-refractivity contribution in [3.05, 3.63) is 93.8 Å². The standard InChI is InChI=1S/C32H33ClF5N5O5S/c1-42(31(45)46)29(28(18-7-10-24(33)26(35)13-18)19-12-20(15-39-14-19)32(36,37)38)30(44)41-27-6-2-5-25(34)23(27)9-8-22-16-40-21-4-3-11-49(47,48)43(22)17-21/h2,5-7,10,12-15,21-22,28-29,40H,3-4,8-9,11,16-17H2,1H3,(H,41,44)(H,45,46)/t21?,22?,28-,29-/m0/s1. The van der Waals surface area contributed by atoms with E-state index in [0.29, 0.717) is 36.5 Å². The molecule has 49 heavy (non-hydrogen) atoms. The molecule has 10 nitrogen and oxygen atoms in total. The van der Waals surface area contributed by atoms with Gasteiger partial charge in [-0.25, -0.2) is 22.0 Å². The molecule has 0 spiro atoms. The van der Waals surface area contributed by atoms with Crippen molar-refractivity contribution in [2.45, 2.75) is 55.9 Å². The van der Waals surface area contributed by atoms with Gasteiger partial charge in [0.05, 0.1) is 16.3 Å². The first kappa shape index (κ1) is 36.4. The van der Waals surface area contributed by atoms with Gasteiger partial charge >= 0.3 is 12.3 Å². The summed E-state index contributed by atoms with van der Waals surface area (Å²) in [4.78, 5) is 30.6. The summed E-state index contributed by atoms with van der Waals surface area (Å²) in [6, 6.07) is 5.45. The van der Waals surface area contributed by atoms with Crippen molar-refractivity contribution in [1.29, 1.82) is 0 Å². The first-order valence-corrected chi connectivity index (χ1v) is 17.3. The Balaban J connectivity index is 1.51. The molecule has 3 N–H and O–H groups in total. The van der Waals surface area contributed by atoms with Crippen LogP contribution in [0.3, 0.4) is 0 Å². The van der Waals surface area contributed by atoms with Crippen LogP contribution in [0.2, 0.25) is 5.02 Å². The van der Waals surface area contributed by atoms with Gasteiger partial charge in [0.15, 0.2) is 0 Å². The van der Waals surface area contributed by atoms with Crippen molar-refractivity contribution in [2.75, 3.05) is 31.2 Å². The number of hydrogen-bond acceptors (Lipinski definition) is 6. The molecular weight excluding hydrogens is 697 g/mol. The number of anilines is 1. The number of carboxylic acid groups (broad SMARTS) is 1. The number of pyridine rings is 1. The zero-order chi connectivity index (χ0) is 35.7. The number of carbonyl (C=O) groups is 2. The number of nitrogens with one attached hydrogen (secondary N) is 2. The molecule has 0 saturated carbocycles. The lowest BCUT2D eigenvalue weighted by atomic mass is 9.84. The summed E-state index contributed by atoms with van der Waals surface area (Å²) in [5.74, 6) is -4.30. The van der Waals surface area contributed by atoms with Crippen molar-refractivity contribution in [3.63, 3.8) is 0 Å². The number of carbonyl (C=O) groups excluding carboxylic acids is 1. The molecule has 0 aliphatic carbocycles. The molecule has 2 bridgehead atoms. The van der Waals surface area contributed by atoms with E-state index < -0.39 is 63.4 Å². The Morgan fingerprint density at radius 3 is 2.59 bits per heavy atom. The fourth-order valence-corrected chi connectivity index (χ4v) is 8.33. The van der Waals surface area contributed by atoms with Crippen LogP contribution in [0, 0.1) is 11.6 Å². The molecule has 264 valence electrons. The number of hydrogen-bond donors (Lipinski definition) is 3. The zero-order valence-electron chi connectivity index (χ0n) is 26.1. The van der Waals surface area contributed by atoms with E-state index in [1.54, 1.807) is 0 Å². The predicted octanol–water partition coefficient (Wildman–Crippen LogP) is 5.48. The molecule has 5 atom stereocenters. The molecule has 3 heterocycles. The molecule has 2 aromatic carbocycles. The van der Waals surface area contributed by atoms with Gasteiger partial charge in [0.1, 0.15) is 17.7 Å². The van der Waals surface area contributed by atoms with Gasteiger partial charge in [0, 0.05) is 61.8 Å². The smallest absolute Gasteiger partial charge is 0.417 e. The number of aromatic nitrogens is 1. The highest BCUT2D eigenvalue weighted by atomic mass is 35.5. The van der Waals surface area contributed by atoms with Gasteiger partial charge in [-0.05, 0) is 67.1 Å². The largest absolute Gasteiger partial charge is 0.465 e. The summed E-state index contributed by atoms with van der Waals surface area (Å²) in [6.07, 6.45) is -3.55. The molecule has 1 aromatic heterocycles. The van der Waals surface area contributed by atoms with E-state index in [2.05, 4.69) is 15.6 Å². The third-order valence-electron chi connectivity index (χ3n) is 8.92. The number of nitrogens with zero attached hydrogens (tertiary/aromatic N) is 3. The van der Waals surface area contributed by atoms with Crippen LogP contribution in [0.4, 0.5) is 32.4 Å². The van der Waals surface area contributed by atoms with Crippen LogP contribution < -0.4 is 10.6 Å². The number of piperazine rings is 1. The maximum atomic E-state index is 15.4. The Hall–Kier alpha value is -3.86. The van der Waals surface area contributed by atoms with Crippen molar-refractivity contribution in [3.8, 4) is 0 Å². The number of sulfonamides is 1. The maximum Gasteiger partial charge on any atom is 0.417 e. The number of alkyl halides is 3. The number of halogens is 6. The van der Waals surface area contributed by atoms with Crippen LogP contribution in [0.15, 0.2) is 54.9 Å². The molecule has 2 saturated heterocycles. The number of rotatable bonds is 9. The average molecular weight is 730 g/mol. The number of amides is 2. The maximum absolute atomic E-state index is 15.4. The third kappa shape index (κ3) is 8.14. The lowest BCUT2D eigenvalue weighted by Crippen LogP contribution is -2.57. The second-order valence-electron chi connectivity index (χ2n) is 12.1. The average Bonchev–Trinajstić information content (AvgIpc) is 3.15. The highest BCUT2D eigenvalue weighted by molar-refractivity contribution is 7.89. The van der Waals surface area contributed by atoms with Crippen LogP contribution in [-0.4, -0.2) is 83.7 Å². The monoisotopic (exact) mass is 729 g/mol. The molecule has 5 rings (SSSR count). The first-order chi connectivity index (χ1) is 23.1. The van der Waals surface area contributed by atoms with E-state index in [0.717, 1.165) is 31.4 Å². The minimum absolute atomic E-state index is 0.00124. The van der Waals surface area contributed by atoms with Gasteiger partial charge in [-0.2, -0.15) is 17.5 Å². The number of likely N-dealkylation sites (N-methyl/N-ethyl adjacent to an activating group) is 1. The van der Waals surface area contributed by atoms with E-state index in [4.69, 9.17) is 11.6 Å². The highest BCUT2D eigenvalue weighted by Gasteiger charge is 2.40. The Bertz CT molecular complexity index is 1830. The van der Waals surface area contributed by atoms with Gasteiger partial charge in [-0.3, -0.25) is 14.7 Å². The molecule has 3 aromatic rings. The van der Waals surface area contributed by atoms with Crippen LogP contribution in [-0.2, 0) is 27.4 Å². The fraction of sp³-hybridized carbons (Fsp3) is 0.406. The van der Waals surface area contributed by atoms with E-state index >= 15 is 4.39 Å². The van der Waals surface area contributed by atoms with E-state index in [-0.39, 0.29) is 58.6 Å². The molecule has 17 heteroatoms. The van der Waals surface area contributed by atoms with Crippen LogP contribution in [0.5, 0.6) is 0 Å². The lowest BCUT2D eigenvalue weighted by molar-refractivity contribution is -0.137. The Kier molecular flexibility index (Phi) is 10.8. The SMILES string of the molecule is CN(C(=O)O)[C@H](C(=O)Nc1cccc(F)c1CCC1CNC2CCCS(=O)(=O)N1C2)[C@H](c1cncc(C(F)(F)F)c1)c1ccc(Cl)c(F)c1. The normalized spacial score (nSPS) is 21.7. The predicted molar refractivity (Wildman–Crippen MR) is 171 cm³/mol. The van der Waals surface area contributed by atoms with Gasteiger partial charge in [-0.1, -0.05) is 23.7 Å². The summed E-state index contributed by atoms with van der Waals surface area (Å²) in [6.45, 7) is 0.629. The van der Waals surface area contributed by atoms with Crippen LogP contribution >= 0.6 is 11.6 Å². The van der Waals surface area contributed by atoms with Crippen molar-refractivity contribution < 1.29 is 45.1 Å². The summed E-state index contributed by atoms with van der Waals surface area (Å²) in [7, 11) is -2.52. The van der Waals surface area contributed by atoms with Gasteiger partial charge in [-0.15, -0.1) is 0 Å². The quantitative estimate of drug-likeness (QED) is 0.249. The fourth-order valence-electron chi connectivity index (χ4n) is 6.41. The van der Waals surface area contributed by atoms with E-state index in [9.17, 15) is 40.7 Å². The third-order valence-corrected chi connectivity index (χ3v) is 11.2. The van der Waals surface area contributed by atoms with Gasteiger partial charge < -0.3 is 15.7 Å². The molecule has 2 aliphatic heterocycles. The van der Waals surface area contributed by atoms with Crippen molar-refractivity contribution in [1.82, 2.24) is 19.5 Å². The molecule has 2 aliphatic rings. The second-order valence-corrected chi connectivity index (χ2v) is 14.5. The Morgan fingerprint density at radius 2 is 1.90 bits per heavy atom. The Labute approximate surface area is 284 Å². The molecule has 3 unspecified atom stereocenters. The number of benzene rings is 2. The molecule has 0 radical (unpaired) electrons. The zero-order valence-corrected chi connectivity index (χ0v) is 27.6. The topological polar surface area (TPSA) is 132 Å². The molecule has 2 fully saturated rings. The summed E-state index contributed by atoms with van der Waals surface area (Å²) in [5.41, 5.74) is -1.58. The summed E-state index contributed by atoms with van der Waals surface area (Å²) < 4.78 is 98.6. The van der Waals surface area contributed by atoms with Crippen molar-refractivity contribution in [2.24, 2.45) is 0 Å². The highest BCUT2D eigenvalue weighted by Crippen LogP contribution is 2.37. The first-order valence-electron chi connectivity index (χ1n) is 15.3. The Morgan fingerprint density at radius 1 is 1.14 bits per heavy atom. The van der Waals surface area contributed by atoms with Crippen LogP contribution in [0.25, 0.3) is 0 Å². The van der Waals surface area contributed by atoms with Crippen molar-refractivity contribution >= 4 is 39.3 Å². The van der Waals surface area contributed by atoms with Crippen LogP contribution in [0.1, 0.15) is 47.4 Å². The van der Waals surface area contributed by atoms with Gasteiger partial charge in [0.2, 0.25) is 15.9 Å². The van der Waals surface area contributed by atoms with E-state index in [1.807, 2.05) is 0 Å². The molecular formula is C32H33ClF5N5O5S. The second kappa shape index (κ2) is 14.5. The lowest BCUT2D eigenvalue weighted by Gasteiger charge is -2.37. The summed E-state index contributed by atoms with van der Waals surface area (Å²) in [5, 5.41) is 15.5. The minimum atomic E-state index is -4.85. The molecule has 2 amide bonds. The minimum Gasteiger partial charge on any atom is -0.465 e. The number of fused-ring (bicyclic) bond motifs is 2.